The Bertz CT molecular complexity index is 860. The van der Waals surface area contributed by atoms with Gasteiger partial charge in [0.15, 0.2) is 0 Å². The molecule has 1 aliphatic rings. The van der Waals surface area contributed by atoms with Crippen LogP contribution in [0.25, 0.3) is 0 Å². The van der Waals surface area contributed by atoms with Crippen molar-refractivity contribution in [2.24, 2.45) is 0 Å². The minimum Gasteiger partial charge on any atom is -0.327 e. The first-order valence-corrected chi connectivity index (χ1v) is 10.2. The predicted octanol–water partition coefficient (Wildman–Crippen LogP) is 4.00. The molecule has 1 saturated heterocycles. The van der Waals surface area contributed by atoms with Crippen LogP contribution in [0.4, 0.5) is 4.79 Å². The molecule has 29 heavy (non-hydrogen) atoms. The molecule has 0 spiro atoms. The summed E-state index contributed by atoms with van der Waals surface area (Å²) in [5.74, 6) is 0. The van der Waals surface area contributed by atoms with Crippen molar-refractivity contribution in [2.45, 2.75) is 18.5 Å². The van der Waals surface area contributed by atoms with Gasteiger partial charge in [0, 0.05) is 25.7 Å². The van der Waals surface area contributed by atoms with Crippen molar-refractivity contribution in [3.63, 3.8) is 0 Å². The smallest absolute Gasteiger partial charge is 0.318 e. The van der Waals surface area contributed by atoms with Gasteiger partial charge in [-0.25, -0.2) is 4.79 Å². The molecule has 0 aliphatic carbocycles. The quantitative estimate of drug-likeness (QED) is 0.697. The molecular weight excluding hydrogens is 358 g/mol. The van der Waals surface area contributed by atoms with Crippen molar-refractivity contribution in [1.29, 1.82) is 0 Å². The number of rotatable bonds is 5. The molecule has 1 fully saturated rings. The normalized spacial score (nSPS) is 16.6. The van der Waals surface area contributed by atoms with E-state index in [1.807, 2.05) is 47.4 Å². The summed E-state index contributed by atoms with van der Waals surface area (Å²) in [6, 6.07) is 30.7. The van der Waals surface area contributed by atoms with Crippen LogP contribution in [0.5, 0.6) is 0 Å². The van der Waals surface area contributed by atoms with E-state index in [0.29, 0.717) is 6.54 Å². The number of urea groups is 1. The molecule has 148 valence electrons. The van der Waals surface area contributed by atoms with Gasteiger partial charge in [-0.05, 0) is 23.1 Å². The monoisotopic (exact) mass is 385 g/mol. The van der Waals surface area contributed by atoms with Gasteiger partial charge in [-0.2, -0.15) is 0 Å². The fraction of sp³-hybridized carbons (Fsp3) is 0.240. The molecule has 1 aliphatic heterocycles. The largest absolute Gasteiger partial charge is 0.327 e. The van der Waals surface area contributed by atoms with Gasteiger partial charge in [0.1, 0.15) is 0 Å². The van der Waals surface area contributed by atoms with Crippen molar-refractivity contribution in [2.75, 3.05) is 19.6 Å². The van der Waals surface area contributed by atoms with E-state index in [4.69, 9.17) is 0 Å². The number of hydrogen-bond donors (Lipinski definition) is 2. The highest BCUT2D eigenvalue weighted by atomic mass is 16.2. The summed E-state index contributed by atoms with van der Waals surface area (Å²) in [6.45, 7) is 2.34. The van der Waals surface area contributed by atoms with Crippen LogP contribution in [0.15, 0.2) is 91.0 Å². The summed E-state index contributed by atoms with van der Waals surface area (Å²) < 4.78 is 0. The van der Waals surface area contributed by atoms with E-state index in [1.54, 1.807) is 0 Å². The average Bonchev–Trinajstić information content (AvgIpc) is 2.79. The lowest BCUT2D eigenvalue weighted by atomic mass is 9.98. The third-order valence-corrected chi connectivity index (χ3v) is 5.46. The Morgan fingerprint density at radius 2 is 1.45 bits per heavy atom. The van der Waals surface area contributed by atoms with Crippen molar-refractivity contribution in [3.05, 3.63) is 108 Å². The van der Waals surface area contributed by atoms with Crippen molar-refractivity contribution < 1.29 is 4.79 Å². The lowest BCUT2D eigenvalue weighted by Crippen LogP contribution is -2.57. The summed E-state index contributed by atoms with van der Waals surface area (Å²) in [5, 5.41) is 6.73. The first kappa shape index (κ1) is 19.2. The molecular formula is C25H27N3O. The van der Waals surface area contributed by atoms with Crippen LogP contribution >= 0.6 is 0 Å². The fourth-order valence-corrected chi connectivity index (χ4v) is 3.95. The summed E-state index contributed by atoms with van der Waals surface area (Å²) in [7, 11) is 0. The summed E-state index contributed by atoms with van der Waals surface area (Å²) in [4.78, 5) is 15.3. The van der Waals surface area contributed by atoms with Gasteiger partial charge < -0.3 is 15.5 Å². The zero-order valence-electron chi connectivity index (χ0n) is 16.5. The van der Waals surface area contributed by atoms with E-state index in [0.717, 1.165) is 30.6 Å². The van der Waals surface area contributed by atoms with Gasteiger partial charge in [0.25, 0.3) is 0 Å². The topological polar surface area (TPSA) is 44.4 Å². The van der Waals surface area contributed by atoms with Crippen LogP contribution in [-0.4, -0.2) is 36.6 Å². The van der Waals surface area contributed by atoms with Gasteiger partial charge in [0.05, 0.1) is 6.04 Å². The molecule has 4 heteroatoms. The first-order valence-electron chi connectivity index (χ1n) is 10.2. The molecule has 2 N–H and O–H groups in total. The molecule has 2 amide bonds. The SMILES string of the molecule is O=C(NC(c1ccccc1)c1ccccc1)N1CCNC[C@H]1Cc1ccccc1. The molecule has 4 rings (SSSR count). The predicted molar refractivity (Wildman–Crippen MR) is 117 cm³/mol. The first-order chi connectivity index (χ1) is 14.3. The second-order valence-electron chi connectivity index (χ2n) is 7.44. The maximum Gasteiger partial charge on any atom is 0.318 e. The van der Waals surface area contributed by atoms with Gasteiger partial charge in [-0.15, -0.1) is 0 Å². The van der Waals surface area contributed by atoms with E-state index in [-0.39, 0.29) is 18.1 Å². The summed E-state index contributed by atoms with van der Waals surface area (Å²) >= 11 is 0. The number of piperazine rings is 1. The Kier molecular flexibility index (Phi) is 6.22. The third kappa shape index (κ3) is 4.84. The van der Waals surface area contributed by atoms with E-state index < -0.39 is 0 Å². The van der Waals surface area contributed by atoms with Crippen LogP contribution in [-0.2, 0) is 6.42 Å². The highest BCUT2D eigenvalue weighted by Crippen LogP contribution is 2.23. The lowest BCUT2D eigenvalue weighted by molar-refractivity contribution is 0.156. The number of amides is 2. The molecule has 3 aromatic carbocycles. The molecule has 0 saturated carbocycles. The number of benzene rings is 3. The van der Waals surface area contributed by atoms with E-state index in [9.17, 15) is 4.79 Å². The van der Waals surface area contributed by atoms with Gasteiger partial charge in [-0.1, -0.05) is 91.0 Å². The van der Waals surface area contributed by atoms with Crippen molar-refractivity contribution >= 4 is 6.03 Å². The Morgan fingerprint density at radius 3 is 2.03 bits per heavy atom. The van der Waals surface area contributed by atoms with Crippen LogP contribution in [0.2, 0.25) is 0 Å². The molecule has 0 bridgehead atoms. The maximum atomic E-state index is 13.3. The van der Waals surface area contributed by atoms with Gasteiger partial charge >= 0.3 is 6.03 Å². The Labute approximate surface area is 172 Å². The number of carbonyl (C=O) groups is 1. The maximum absolute atomic E-state index is 13.3. The highest BCUT2D eigenvalue weighted by molar-refractivity contribution is 5.76. The number of nitrogens with one attached hydrogen (secondary N) is 2. The Hall–Kier alpha value is -3.11. The molecule has 3 aromatic rings. The minimum absolute atomic E-state index is 0.00913. The van der Waals surface area contributed by atoms with Crippen molar-refractivity contribution in [1.82, 2.24) is 15.5 Å². The van der Waals surface area contributed by atoms with Crippen molar-refractivity contribution in [3.8, 4) is 0 Å². The average molecular weight is 386 g/mol. The number of carbonyl (C=O) groups excluding carboxylic acids is 1. The second-order valence-corrected chi connectivity index (χ2v) is 7.44. The standard InChI is InChI=1S/C25H27N3O/c29-25(28-17-16-26-19-23(28)18-20-10-4-1-5-11-20)27-24(21-12-6-2-7-13-21)22-14-8-3-9-15-22/h1-15,23-24,26H,16-19H2,(H,27,29)/t23-/m1/s1. The summed E-state index contributed by atoms with van der Waals surface area (Å²) in [5.41, 5.74) is 3.42. The third-order valence-electron chi connectivity index (χ3n) is 5.46. The number of hydrogen-bond acceptors (Lipinski definition) is 2. The lowest BCUT2D eigenvalue weighted by Gasteiger charge is -2.37. The molecule has 1 atom stereocenters. The zero-order chi connectivity index (χ0) is 19.9. The van der Waals surface area contributed by atoms with Crippen LogP contribution in [0, 0.1) is 0 Å². The van der Waals surface area contributed by atoms with Crippen LogP contribution in [0.1, 0.15) is 22.7 Å². The van der Waals surface area contributed by atoms with E-state index in [2.05, 4.69) is 59.2 Å². The second kappa shape index (κ2) is 9.39. The molecule has 4 nitrogen and oxygen atoms in total. The minimum atomic E-state index is -0.169. The van der Waals surface area contributed by atoms with Crippen LogP contribution in [0.3, 0.4) is 0 Å². The van der Waals surface area contributed by atoms with Gasteiger partial charge in [-0.3, -0.25) is 0 Å². The van der Waals surface area contributed by atoms with Gasteiger partial charge in [0.2, 0.25) is 0 Å². The Morgan fingerprint density at radius 1 is 0.897 bits per heavy atom. The van der Waals surface area contributed by atoms with E-state index >= 15 is 0 Å². The number of nitrogens with zero attached hydrogens (tertiary/aromatic N) is 1. The zero-order valence-corrected chi connectivity index (χ0v) is 16.5. The van der Waals surface area contributed by atoms with E-state index in [1.165, 1.54) is 5.56 Å². The molecule has 1 heterocycles. The molecule has 0 unspecified atom stereocenters. The Balaban J connectivity index is 1.54. The highest BCUT2D eigenvalue weighted by Gasteiger charge is 2.28. The fourth-order valence-electron chi connectivity index (χ4n) is 3.95. The molecule has 0 radical (unpaired) electrons. The van der Waals surface area contributed by atoms with Crippen LogP contribution < -0.4 is 10.6 Å². The summed E-state index contributed by atoms with van der Waals surface area (Å²) in [6.07, 6.45) is 0.850. The molecule has 0 aromatic heterocycles.